The molecule has 0 saturated heterocycles. The van der Waals surface area contributed by atoms with E-state index in [9.17, 15) is 0 Å². The Hall–Kier alpha value is -3.20. The first kappa shape index (κ1) is 21.0. The quantitative estimate of drug-likeness (QED) is 0.285. The standard InChI is InChI=1S/C28H31N3/c1-4-5-6-9-14-23-19-21(2)26(22(3)20-23)31-28(25-17-12-8-13-18-25)29-27(30-31)24-15-10-7-11-16-24/h7-8,10-13,15-20H,4-6,9,14H2,1-3H3. The summed E-state index contributed by atoms with van der Waals surface area (Å²) in [4.78, 5) is 4.95. The van der Waals surface area contributed by atoms with Gasteiger partial charge in [0.15, 0.2) is 11.6 Å². The van der Waals surface area contributed by atoms with Gasteiger partial charge in [0.25, 0.3) is 0 Å². The van der Waals surface area contributed by atoms with Crippen molar-refractivity contribution in [1.29, 1.82) is 0 Å². The normalized spacial score (nSPS) is 11.1. The van der Waals surface area contributed by atoms with E-state index in [4.69, 9.17) is 10.1 Å². The second-order valence-electron chi connectivity index (χ2n) is 8.29. The molecule has 3 heteroatoms. The fourth-order valence-corrected chi connectivity index (χ4v) is 4.23. The van der Waals surface area contributed by atoms with Gasteiger partial charge < -0.3 is 0 Å². The highest BCUT2D eigenvalue weighted by Gasteiger charge is 2.18. The molecule has 0 saturated carbocycles. The van der Waals surface area contributed by atoms with Crippen LogP contribution in [0, 0.1) is 13.8 Å². The maximum atomic E-state index is 4.97. The van der Waals surface area contributed by atoms with E-state index in [0.29, 0.717) is 0 Å². The maximum Gasteiger partial charge on any atom is 0.182 e. The lowest BCUT2D eigenvalue weighted by atomic mass is 9.99. The van der Waals surface area contributed by atoms with E-state index in [1.165, 1.54) is 42.4 Å². The fourth-order valence-electron chi connectivity index (χ4n) is 4.23. The summed E-state index contributed by atoms with van der Waals surface area (Å²) in [6.07, 6.45) is 6.29. The molecule has 4 rings (SSSR count). The van der Waals surface area contributed by atoms with Crippen molar-refractivity contribution in [2.45, 2.75) is 52.9 Å². The van der Waals surface area contributed by atoms with Crippen molar-refractivity contribution in [2.24, 2.45) is 0 Å². The van der Waals surface area contributed by atoms with E-state index < -0.39 is 0 Å². The summed E-state index contributed by atoms with van der Waals surface area (Å²) in [7, 11) is 0. The number of benzene rings is 3. The zero-order valence-electron chi connectivity index (χ0n) is 18.8. The van der Waals surface area contributed by atoms with E-state index in [0.717, 1.165) is 34.9 Å². The molecule has 0 bridgehead atoms. The number of hydrogen-bond acceptors (Lipinski definition) is 2. The van der Waals surface area contributed by atoms with Gasteiger partial charge in [-0.05, 0) is 43.4 Å². The molecular weight excluding hydrogens is 378 g/mol. The Morgan fingerprint density at radius 2 is 1.35 bits per heavy atom. The fraction of sp³-hybridized carbons (Fsp3) is 0.286. The first-order valence-electron chi connectivity index (χ1n) is 11.4. The lowest BCUT2D eigenvalue weighted by Crippen LogP contribution is -2.05. The molecule has 1 aromatic heterocycles. The van der Waals surface area contributed by atoms with Crippen LogP contribution in [0.2, 0.25) is 0 Å². The largest absolute Gasteiger partial charge is 0.212 e. The monoisotopic (exact) mass is 409 g/mol. The molecule has 1 heterocycles. The molecule has 158 valence electrons. The van der Waals surface area contributed by atoms with Crippen molar-refractivity contribution in [3.63, 3.8) is 0 Å². The lowest BCUT2D eigenvalue weighted by molar-refractivity contribution is 0.666. The van der Waals surface area contributed by atoms with Crippen LogP contribution in [-0.4, -0.2) is 14.8 Å². The molecule has 0 unspecified atom stereocenters. The van der Waals surface area contributed by atoms with Gasteiger partial charge in [-0.3, -0.25) is 0 Å². The van der Waals surface area contributed by atoms with Crippen molar-refractivity contribution in [1.82, 2.24) is 14.8 Å². The Balaban J connectivity index is 1.77. The van der Waals surface area contributed by atoms with Gasteiger partial charge >= 0.3 is 0 Å². The zero-order valence-corrected chi connectivity index (χ0v) is 18.8. The average molecular weight is 410 g/mol. The second-order valence-corrected chi connectivity index (χ2v) is 8.29. The summed E-state index contributed by atoms with van der Waals surface area (Å²) in [5.41, 5.74) is 7.13. The summed E-state index contributed by atoms with van der Waals surface area (Å²) in [6.45, 7) is 6.64. The van der Waals surface area contributed by atoms with Gasteiger partial charge in [-0.1, -0.05) is 99.0 Å². The molecule has 0 aliphatic carbocycles. The smallest absolute Gasteiger partial charge is 0.182 e. The van der Waals surface area contributed by atoms with Gasteiger partial charge in [-0.2, -0.15) is 0 Å². The molecule has 31 heavy (non-hydrogen) atoms. The predicted octanol–water partition coefficient (Wildman–Crippen LogP) is 7.34. The Morgan fingerprint density at radius 1 is 0.742 bits per heavy atom. The molecule has 0 N–H and O–H groups in total. The van der Waals surface area contributed by atoms with Gasteiger partial charge in [-0.15, -0.1) is 5.10 Å². The highest BCUT2D eigenvalue weighted by Crippen LogP contribution is 2.29. The predicted molar refractivity (Wildman–Crippen MR) is 130 cm³/mol. The third kappa shape index (κ3) is 4.77. The number of aryl methyl sites for hydroxylation is 3. The Kier molecular flexibility index (Phi) is 6.61. The summed E-state index contributed by atoms with van der Waals surface area (Å²) in [5, 5.41) is 4.97. The molecule has 3 nitrogen and oxygen atoms in total. The average Bonchev–Trinajstić information content (AvgIpc) is 3.22. The van der Waals surface area contributed by atoms with Crippen molar-refractivity contribution in [3.8, 4) is 28.5 Å². The van der Waals surface area contributed by atoms with Gasteiger partial charge in [0.2, 0.25) is 0 Å². The SMILES string of the molecule is CCCCCCc1cc(C)c(-n2nc(-c3ccccc3)nc2-c2ccccc2)c(C)c1. The molecule has 0 aliphatic rings. The van der Waals surface area contributed by atoms with E-state index >= 15 is 0 Å². The molecule has 0 spiro atoms. The topological polar surface area (TPSA) is 30.7 Å². The third-order valence-corrected chi connectivity index (χ3v) is 5.75. The van der Waals surface area contributed by atoms with Crippen LogP contribution in [0.5, 0.6) is 0 Å². The van der Waals surface area contributed by atoms with Crippen LogP contribution in [0.25, 0.3) is 28.5 Å². The molecule has 0 atom stereocenters. The molecular formula is C28H31N3. The second kappa shape index (κ2) is 9.74. The molecule has 3 aromatic carbocycles. The van der Waals surface area contributed by atoms with Crippen LogP contribution < -0.4 is 0 Å². The number of rotatable bonds is 8. The van der Waals surface area contributed by atoms with Gasteiger partial charge in [-0.25, -0.2) is 9.67 Å². The van der Waals surface area contributed by atoms with Gasteiger partial charge in [0, 0.05) is 11.1 Å². The van der Waals surface area contributed by atoms with Crippen molar-refractivity contribution in [2.75, 3.05) is 0 Å². The minimum absolute atomic E-state index is 0.752. The first-order chi connectivity index (χ1) is 15.2. The van der Waals surface area contributed by atoms with Crippen molar-refractivity contribution in [3.05, 3.63) is 89.5 Å². The number of hydrogen-bond donors (Lipinski definition) is 0. The molecule has 4 aromatic rings. The molecule has 0 radical (unpaired) electrons. The number of unbranched alkanes of at least 4 members (excludes halogenated alkanes) is 3. The van der Waals surface area contributed by atoms with Crippen molar-refractivity contribution >= 4 is 0 Å². The summed E-state index contributed by atoms with van der Waals surface area (Å²) in [6, 6.07) is 25.2. The Morgan fingerprint density at radius 3 is 1.97 bits per heavy atom. The van der Waals surface area contributed by atoms with Crippen molar-refractivity contribution < 1.29 is 0 Å². The van der Waals surface area contributed by atoms with E-state index in [1.807, 2.05) is 28.9 Å². The minimum Gasteiger partial charge on any atom is -0.212 e. The van der Waals surface area contributed by atoms with E-state index in [2.05, 4.69) is 69.3 Å². The molecule has 0 amide bonds. The highest BCUT2D eigenvalue weighted by molar-refractivity contribution is 5.65. The van der Waals surface area contributed by atoms with Gasteiger partial charge in [0.1, 0.15) is 0 Å². The number of aromatic nitrogens is 3. The summed E-state index contributed by atoms with van der Waals surface area (Å²) >= 11 is 0. The number of nitrogens with zero attached hydrogens (tertiary/aromatic N) is 3. The summed E-state index contributed by atoms with van der Waals surface area (Å²) in [5.74, 6) is 1.63. The van der Waals surface area contributed by atoms with Crippen LogP contribution in [0.4, 0.5) is 0 Å². The van der Waals surface area contributed by atoms with Crippen LogP contribution in [0.15, 0.2) is 72.8 Å². The van der Waals surface area contributed by atoms with Crippen LogP contribution in [-0.2, 0) is 6.42 Å². The molecule has 0 aliphatic heterocycles. The highest BCUT2D eigenvalue weighted by atomic mass is 15.4. The maximum absolute atomic E-state index is 4.97. The van der Waals surface area contributed by atoms with Crippen LogP contribution in [0.3, 0.4) is 0 Å². The Labute approximate surface area is 185 Å². The Bertz CT molecular complexity index is 1100. The van der Waals surface area contributed by atoms with Gasteiger partial charge in [0.05, 0.1) is 5.69 Å². The minimum atomic E-state index is 0.752. The lowest BCUT2D eigenvalue weighted by Gasteiger charge is -2.14. The summed E-state index contributed by atoms with van der Waals surface area (Å²) < 4.78 is 2.03. The van der Waals surface area contributed by atoms with Crippen LogP contribution >= 0.6 is 0 Å². The zero-order chi connectivity index (χ0) is 21.6. The third-order valence-electron chi connectivity index (χ3n) is 5.75. The van der Waals surface area contributed by atoms with E-state index in [1.54, 1.807) is 0 Å². The van der Waals surface area contributed by atoms with Crippen LogP contribution in [0.1, 0.15) is 49.3 Å². The molecule has 0 fully saturated rings. The van der Waals surface area contributed by atoms with E-state index in [-0.39, 0.29) is 0 Å². The first-order valence-corrected chi connectivity index (χ1v) is 11.4.